The number of anilines is 1. The van der Waals surface area contributed by atoms with Crippen molar-refractivity contribution in [3.8, 4) is 11.4 Å². The fourth-order valence-corrected chi connectivity index (χ4v) is 1.96. The lowest BCUT2D eigenvalue weighted by molar-refractivity contribution is 0.415. The average molecular weight is 312 g/mol. The van der Waals surface area contributed by atoms with Gasteiger partial charge in [-0.2, -0.15) is 0 Å². The number of hydrogen-bond acceptors (Lipinski definition) is 3. The van der Waals surface area contributed by atoms with E-state index in [-0.39, 0.29) is 24.8 Å². The third-order valence-corrected chi connectivity index (χ3v) is 2.93. The molecule has 1 aromatic heterocycles. The number of fused-ring (bicyclic) bond motifs is 1. The molecule has 0 spiro atoms. The molecule has 0 atom stereocenters. The van der Waals surface area contributed by atoms with Crippen molar-refractivity contribution >= 4 is 41.5 Å². The van der Waals surface area contributed by atoms with E-state index in [1.807, 2.05) is 47.0 Å². The van der Waals surface area contributed by atoms with Crippen molar-refractivity contribution < 1.29 is 4.74 Å². The second-order valence-electron chi connectivity index (χ2n) is 4.06. The van der Waals surface area contributed by atoms with E-state index < -0.39 is 0 Å². The van der Waals surface area contributed by atoms with Crippen molar-refractivity contribution in [2.24, 2.45) is 0 Å². The van der Waals surface area contributed by atoms with E-state index in [1.165, 1.54) is 0 Å². The van der Waals surface area contributed by atoms with Gasteiger partial charge >= 0.3 is 0 Å². The zero-order valence-corrected chi connectivity index (χ0v) is 12.4. The molecule has 0 saturated carbocycles. The Hall–Kier alpha value is -1.91. The fraction of sp³-hybridized carbons (Fsp3) is 0.0714. The minimum Gasteiger partial charge on any atom is -0.497 e. The number of methoxy groups -OCH3 is 1. The Balaban J connectivity index is 0.000001000. The summed E-state index contributed by atoms with van der Waals surface area (Å²) in [6.45, 7) is 0. The van der Waals surface area contributed by atoms with E-state index in [0.29, 0.717) is 0 Å². The van der Waals surface area contributed by atoms with Crippen LogP contribution in [0.1, 0.15) is 0 Å². The van der Waals surface area contributed by atoms with Crippen LogP contribution < -0.4 is 10.5 Å². The molecular formula is C14H15Cl2N3O. The molecule has 106 valence electrons. The van der Waals surface area contributed by atoms with Gasteiger partial charge in [-0.05, 0) is 36.4 Å². The monoisotopic (exact) mass is 311 g/mol. The summed E-state index contributed by atoms with van der Waals surface area (Å²) < 4.78 is 7.21. The first kappa shape index (κ1) is 16.1. The first-order valence-electron chi connectivity index (χ1n) is 5.65. The predicted molar refractivity (Wildman–Crippen MR) is 86.5 cm³/mol. The van der Waals surface area contributed by atoms with Gasteiger partial charge < -0.3 is 10.5 Å². The molecular weight excluding hydrogens is 297 g/mol. The van der Waals surface area contributed by atoms with Crippen LogP contribution in [-0.4, -0.2) is 16.7 Å². The van der Waals surface area contributed by atoms with Crippen molar-refractivity contribution in [1.29, 1.82) is 0 Å². The van der Waals surface area contributed by atoms with Crippen molar-refractivity contribution in [2.45, 2.75) is 0 Å². The maximum atomic E-state index is 5.69. The van der Waals surface area contributed by atoms with E-state index >= 15 is 0 Å². The quantitative estimate of drug-likeness (QED) is 0.737. The summed E-state index contributed by atoms with van der Waals surface area (Å²) in [5.74, 6) is 0.810. The third-order valence-electron chi connectivity index (χ3n) is 2.93. The molecule has 1 heterocycles. The SMILES string of the molecule is COc1ccc2c(c1)ncn2-c1ccc(N)cc1.Cl.Cl. The van der Waals surface area contributed by atoms with Gasteiger partial charge in [0, 0.05) is 17.4 Å². The van der Waals surface area contributed by atoms with E-state index in [9.17, 15) is 0 Å². The molecule has 0 saturated heterocycles. The highest BCUT2D eigenvalue weighted by Gasteiger charge is 2.05. The van der Waals surface area contributed by atoms with Crippen molar-refractivity contribution in [2.75, 3.05) is 12.8 Å². The largest absolute Gasteiger partial charge is 0.497 e. The van der Waals surface area contributed by atoms with E-state index in [4.69, 9.17) is 10.5 Å². The van der Waals surface area contributed by atoms with Gasteiger partial charge in [0.1, 0.15) is 12.1 Å². The van der Waals surface area contributed by atoms with Crippen LogP contribution in [0.15, 0.2) is 48.8 Å². The van der Waals surface area contributed by atoms with Crippen LogP contribution in [0.3, 0.4) is 0 Å². The maximum Gasteiger partial charge on any atom is 0.121 e. The molecule has 0 aliphatic heterocycles. The van der Waals surface area contributed by atoms with Crippen molar-refractivity contribution in [1.82, 2.24) is 9.55 Å². The van der Waals surface area contributed by atoms with Gasteiger partial charge in [-0.3, -0.25) is 4.57 Å². The van der Waals surface area contributed by atoms with Gasteiger partial charge in [0.2, 0.25) is 0 Å². The molecule has 0 aliphatic rings. The summed E-state index contributed by atoms with van der Waals surface area (Å²) in [6.07, 6.45) is 1.80. The number of halogens is 2. The van der Waals surface area contributed by atoms with E-state index in [1.54, 1.807) is 13.4 Å². The highest BCUT2D eigenvalue weighted by Crippen LogP contribution is 2.22. The minimum atomic E-state index is 0. The summed E-state index contributed by atoms with van der Waals surface area (Å²) in [4.78, 5) is 4.38. The van der Waals surface area contributed by atoms with Crippen LogP contribution in [0.5, 0.6) is 5.75 Å². The lowest BCUT2D eigenvalue weighted by atomic mass is 10.2. The second-order valence-corrected chi connectivity index (χ2v) is 4.06. The number of hydrogen-bond donors (Lipinski definition) is 1. The Labute approximate surface area is 129 Å². The summed E-state index contributed by atoms with van der Waals surface area (Å²) >= 11 is 0. The van der Waals surface area contributed by atoms with Gasteiger partial charge in [-0.15, -0.1) is 24.8 Å². The lowest BCUT2D eigenvalue weighted by Crippen LogP contribution is -1.92. The predicted octanol–water partition coefficient (Wildman–Crippen LogP) is 3.46. The van der Waals surface area contributed by atoms with Crippen molar-refractivity contribution in [3.05, 3.63) is 48.8 Å². The third kappa shape index (κ3) is 2.81. The summed E-state index contributed by atoms with van der Waals surface area (Å²) in [7, 11) is 1.65. The zero-order chi connectivity index (χ0) is 12.5. The molecule has 0 amide bonds. The number of aromatic nitrogens is 2. The smallest absolute Gasteiger partial charge is 0.121 e. The van der Waals surface area contributed by atoms with Gasteiger partial charge in [-0.1, -0.05) is 0 Å². The number of imidazole rings is 1. The number of nitrogens with two attached hydrogens (primary N) is 1. The average Bonchev–Trinajstić information content (AvgIpc) is 2.82. The van der Waals surface area contributed by atoms with Crippen LogP contribution in [0.2, 0.25) is 0 Å². The summed E-state index contributed by atoms with van der Waals surface area (Å²) in [5.41, 5.74) is 9.43. The first-order chi connectivity index (χ1) is 8.78. The maximum absolute atomic E-state index is 5.69. The highest BCUT2D eigenvalue weighted by molar-refractivity contribution is 5.85. The molecule has 2 N–H and O–H groups in total. The Morgan fingerprint density at radius 3 is 2.40 bits per heavy atom. The molecule has 0 unspecified atom stereocenters. The van der Waals surface area contributed by atoms with Crippen LogP contribution in [0.25, 0.3) is 16.7 Å². The molecule has 0 radical (unpaired) electrons. The number of benzene rings is 2. The minimum absolute atomic E-state index is 0. The Morgan fingerprint density at radius 1 is 1.05 bits per heavy atom. The fourth-order valence-electron chi connectivity index (χ4n) is 1.96. The standard InChI is InChI=1S/C14H13N3O.2ClH/c1-18-12-6-7-14-13(8-12)16-9-17(14)11-4-2-10(15)3-5-11;;/h2-9H,15H2,1H3;2*1H. The summed E-state index contributed by atoms with van der Waals surface area (Å²) in [5, 5.41) is 0. The van der Waals surface area contributed by atoms with E-state index in [2.05, 4.69) is 4.98 Å². The first-order valence-corrected chi connectivity index (χ1v) is 5.65. The molecule has 6 heteroatoms. The van der Waals surface area contributed by atoms with Gasteiger partial charge in [-0.25, -0.2) is 4.98 Å². The summed E-state index contributed by atoms with van der Waals surface area (Å²) in [6, 6.07) is 13.6. The second kappa shape index (κ2) is 6.50. The molecule has 2 aromatic carbocycles. The van der Waals surface area contributed by atoms with E-state index in [0.717, 1.165) is 28.2 Å². The Bertz CT molecular complexity index is 695. The van der Waals surface area contributed by atoms with Crippen LogP contribution in [0, 0.1) is 0 Å². The number of nitrogen functional groups attached to an aromatic ring is 1. The molecule has 4 nitrogen and oxygen atoms in total. The Morgan fingerprint density at radius 2 is 1.75 bits per heavy atom. The molecule has 3 aromatic rings. The molecule has 0 aliphatic carbocycles. The molecule has 20 heavy (non-hydrogen) atoms. The zero-order valence-electron chi connectivity index (χ0n) is 10.8. The van der Waals surface area contributed by atoms with Crippen LogP contribution in [-0.2, 0) is 0 Å². The molecule has 3 rings (SSSR count). The lowest BCUT2D eigenvalue weighted by Gasteiger charge is -2.05. The number of nitrogens with zero attached hydrogens (tertiary/aromatic N) is 2. The highest BCUT2D eigenvalue weighted by atomic mass is 35.5. The van der Waals surface area contributed by atoms with Crippen molar-refractivity contribution in [3.63, 3.8) is 0 Å². The van der Waals surface area contributed by atoms with Gasteiger partial charge in [0.25, 0.3) is 0 Å². The number of rotatable bonds is 2. The molecule has 0 fully saturated rings. The van der Waals surface area contributed by atoms with Gasteiger partial charge in [0.15, 0.2) is 0 Å². The Kier molecular flexibility index (Phi) is 5.25. The number of ether oxygens (including phenoxy) is 1. The van der Waals surface area contributed by atoms with Crippen LogP contribution in [0.4, 0.5) is 5.69 Å². The topological polar surface area (TPSA) is 53.1 Å². The normalized spacial score (nSPS) is 9.65. The molecule has 0 bridgehead atoms. The van der Waals surface area contributed by atoms with Gasteiger partial charge in [0.05, 0.1) is 18.1 Å². The van der Waals surface area contributed by atoms with Crippen LogP contribution >= 0.6 is 24.8 Å².